The summed E-state index contributed by atoms with van der Waals surface area (Å²) in [5, 5.41) is 3.58. The van der Waals surface area contributed by atoms with E-state index >= 15 is 0 Å². The Balaban J connectivity index is 1.45. The van der Waals surface area contributed by atoms with Crippen LogP contribution in [0.2, 0.25) is 5.02 Å². The summed E-state index contributed by atoms with van der Waals surface area (Å²) in [7, 11) is 0. The first-order chi connectivity index (χ1) is 13.6. The summed E-state index contributed by atoms with van der Waals surface area (Å²) in [6, 6.07) is 7.50. The van der Waals surface area contributed by atoms with Crippen LogP contribution in [0, 0.1) is 11.8 Å². The highest BCUT2D eigenvalue weighted by Gasteiger charge is 2.66. The van der Waals surface area contributed by atoms with Crippen LogP contribution in [0.4, 0.5) is 0 Å². The van der Waals surface area contributed by atoms with E-state index in [9.17, 15) is 9.59 Å². The summed E-state index contributed by atoms with van der Waals surface area (Å²) in [5.74, 6) is -1.12. The zero-order chi connectivity index (χ0) is 19.7. The molecule has 2 bridgehead atoms. The fourth-order valence-electron chi connectivity index (χ4n) is 4.49. The molecule has 0 aromatic heterocycles. The van der Waals surface area contributed by atoms with Gasteiger partial charge in [0.1, 0.15) is 5.60 Å². The largest absolute Gasteiger partial charge is 0.382 e. The number of likely N-dealkylation sites (tertiary alicyclic amines) is 1. The molecular weight excluding hydrogens is 380 g/mol. The van der Waals surface area contributed by atoms with Crippen LogP contribution in [0.25, 0.3) is 0 Å². The molecule has 3 aliphatic heterocycles. The smallest absolute Gasteiger partial charge is 0.230 e. The quantitative estimate of drug-likeness (QED) is 0.532. The zero-order valence-corrected chi connectivity index (χ0v) is 16.7. The lowest BCUT2D eigenvalue weighted by Gasteiger charge is -2.23. The molecule has 0 aliphatic carbocycles. The molecule has 0 saturated carbocycles. The molecule has 2 fully saturated rings. The number of benzene rings is 1. The van der Waals surface area contributed by atoms with Crippen LogP contribution in [0.1, 0.15) is 18.9 Å². The first-order valence-electron chi connectivity index (χ1n) is 9.80. The van der Waals surface area contributed by atoms with Crippen LogP contribution >= 0.6 is 11.6 Å². The van der Waals surface area contributed by atoms with Crippen LogP contribution in [0.15, 0.2) is 36.4 Å². The van der Waals surface area contributed by atoms with Crippen LogP contribution < -0.4 is 5.32 Å². The lowest BCUT2D eigenvalue weighted by Crippen LogP contribution is -2.44. The molecule has 7 heteroatoms. The second kappa shape index (κ2) is 7.85. The maximum absolute atomic E-state index is 13.2. The fourth-order valence-corrected chi connectivity index (χ4v) is 4.69. The molecule has 6 nitrogen and oxygen atoms in total. The maximum atomic E-state index is 13.2. The molecule has 2 saturated heterocycles. The number of halogens is 1. The number of fused-ring (bicyclic) bond motifs is 1. The minimum atomic E-state index is -0.698. The number of carbonyl (C=O) groups excluding carboxylic acids is 2. The van der Waals surface area contributed by atoms with E-state index in [2.05, 4.69) is 5.32 Å². The molecule has 0 radical (unpaired) electrons. The maximum Gasteiger partial charge on any atom is 0.230 e. The number of nitrogens with zero attached hydrogens (tertiary/aromatic N) is 1. The van der Waals surface area contributed by atoms with Gasteiger partial charge >= 0.3 is 0 Å². The van der Waals surface area contributed by atoms with Gasteiger partial charge in [0.05, 0.1) is 24.5 Å². The van der Waals surface area contributed by atoms with Crippen LogP contribution in [0.5, 0.6) is 0 Å². The van der Waals surface area contributed by atoms with E-state index in [0.29, 0.717) is 37.9 Å². The van der Waals surface area contributed by atoms with Crippen LogP contribution in [-0.2, 0) is 25.6 Å². The topological polar surface area (TPSA) is 67.9 Å². The summed E-state index contributed by atoms with van der Waals surface area (Å²) in [6.07, 6.45) is 4.30. The molecule has 28 heavy (non-hydrogen) atoms. The molecule has 1 spiro atoms. The van der Waals surface area contributed by atoms with E-state index in [-0.39, 0.29) is 17.9 Å². The molecule has 3 heterocycles. The Morgan fingerprint density at radius 2 is 2.25 bits per heavy atom. The van der Waals surface area contributed by atoms with Crippen molar-refractivity contribution in [2.75, 3.05) is 26.3 Å². The monoisotopic (exact) mass is 404 g/mol. The second-order valence-corrected chi connectivity index (χ2v) is 7.93. The molecule has 4 atom stereocenters. The van der Waals surface area contributed by atoms with Crippen molar-refractivity contribution in [1.29, 1.82) is 0 Å². The van der Waals surface area contributed by atoms with Gasteiger partial charge in [0, 0.05) is 31.3 Å². The minimum Gasteiger partial charge on any atom is -0.382 e. The molecule has 150 valence electrons. The van der Waals surface area contributed by atoms with Gasteiger partial charge in [0.15, 0.2) is 0 Å². The number of rotatable bonds is 8. The van der Waals surface area contributed by atoms with Crippen molar-refractivity contribution >= 4 is 23.4 Å². The van der Waals surface area contributed by atoms with E-state index < -0.39 is 17.4 Å². The van der Waals surface area contributed by atoms with E-state index in [1.165, 1.54) is 0 Å². The van der Waals surface area contributed by atoms with E-state index in [0.717, 1.165) is 12.0 Å². The lowest BCUT2D eigenvalue weighted by molar-refractivity contribution is -0.137. The number of carbonyl (C=O) groups is 2. The number of amides is 2. The van der Waals surface area contributed by atoms with Gasteiger partial charge in [-0.15, -0.1) is 0 Å². The van der Waals surface area contributed by atoms with E-state index in [1.54, 1.807) is 4.90 Å². The van der Waals surface area contributed by atoms with Crippen molar-refractivity contribution < 1.29 is 19.1 Å². The highest BCUT2D eigenvalue weighted by Crippen LogP contribution is 2.52. The number of hydrogen-bond donors (Lipinski definition) is 1. The SMILES string of the molecule is CCOCCCNC(=O)[C@@H]1[C@@H]2C=C[C@@]3(CN(Cc4ccccc4Cl)C(=O)[C@H]13)O2. The highest BCUT2D eigenvalue weighted by molar-refractivity contribution is 6.31. The van der Waals surface area contributed by atoms with Gasteiger partial charge in [0.25, 0.3) is 0 Å². The summed E-state index contributed by atoms with van der Waals surface area (Å²) >= 11 is 6.26. The van der Waals surface area contributed by atoms with Crippen LogP contribution in [-0.4, -0.2) is 54.7 Å². The van der Waals surface area contributed by atoms with Gasteiger partial charge < -0.3 is 19.7 Å². The van der Waals surface area contributed by atoms with Gasteiger partial charge in [-0.25, -0.2) is 0 Å². The summed E-state index contributed by atoms with van der Waals surface area (Å²) in [6.45, 7) is 4.61. The third-order valence-electron chi connectivity index (χ3n) is 5.77. The first-order valence-corrected chi connectivity index (χ1v) is 10.2. The molecule has 2 amide bonds. The Morgan fingerprint density at radius 3 is 3.04 bits per heavy atom. The predicted octanol–water partition coefficient (Wildman–Crippen LogP) is 2.16. The van der Waals surface area contributed by atoms with Crippen molar-refractivity contribution in [2.24, 2.45) is 11.8 Å². The summed E-state index contributed by atoms with van der Waals surface area (Å²) < 4.78 is 11.4. The Labute approximate surface area is 169 Å². The Hall–Kier alpha value is -1.89. The number of ether oxygens (including phenoxy) is 2. The van der Waals surface area contributed by atoms with E-state index in [4.69, 9.17) is 21.1 Å². The molecule has 3 aliphatic rings. The van der Waals surface area contributed by atoms with Gasteiger partial charge in [-0.3, -0.25) is 9.59 Å². The second-order valence-electron chi connectivity index (χ2n) is 7.53. The molecule has 1 aromatic rings. The Morgan fingerprint density at radius 1 is 1.43 bits per heavy atom. The normalized spacial score (nSPS) is 30.1. The fraction of sp³-hybridized carbons (Fsp3) is 0.524. The highest BCUT2D eigenvalue weighted by atomic mass is 35.5. The Kier molecular flexibility index (Phi) is 5.45. The van der Waals surface area contributed by atoms with E-state index in [1.807, 2.05) is 43.3 Å². The number of hydrogen-bond acceptors (Lipinski definition) is 4. The van der Waals surface area contributed by atoms with Crippen molar-refractivity contribution in [3.63, 3.8) is 0 Å². The van der Waals surface area contributed by atoms with Gasteiger partial charge in [0.2, 0.25) is 11.8 Å². The predicted molar refractivity (Wildman–Crippen MR) is 105 cm³/mol. The lowest BCUT2D eigenvalue weighted by atomic mass is 9.77. The third-order valence-corrected chi connectivity index (χ3v) is 6.14. The molecule has 0 unspecified atom stereocenters. The van der Waals surface area contributed by atoms with Crippen molar-refractivity contribution in [3.8, 4) is 0 Å². The van der Waals surface area contributed by atoms with Gasteiger partial charge in [-0.1, -0.05) is 42.0 Å². The van der Waals surface area contributed by atoms with Gasteiger partial charge in [-0.2, -0.15) is 0 Å². The van der Waals surface area contributed by atoms with Gasteiger partial charge in [-0.05, 0) is 25.0 Å². The van der Waals surface area contributed by atoms with Crippen molar-refractivity contribution in [2.45, 2.75) is 31.6 Å². The van der Waals surface area contributed by atoms with Crippen molar-refractivity contribution in [3.05, 3.63) is 47.0 Å². The summed E-state index contributed by atoms with van der Waals surface area (Å²) in [5.41, 5.74) is 0.195. The summed E-state index contributed by atoms with van der Waals surface area (Å²) in [4.78, 5) is 27.8. The molecule has 1 aromatic carbocycles. The molecular formula is C21H25ClN2O4. The molecule has 4 rings (SSSR count). The standard InChI is InChI=1S/C21H25ClN2O4/c1-2-27-11-5-10-23-19(25)17-16-8-9-21(28-16)13-24(20(26)18(17)21)12-14-6-3-4-7-15(14)22/h3-4,6-9,16-18H,2,5,10-13H2,1H3,(H,23,25)/t16-,17+,18-,21-/m0/s1. The zero-order valence-electron chi connectivity index (χ0n) is 15.9. The third kappa shape index (κ3) is 3.34. The number of nitrogens with one attached hydrogen (secondary N) is 1. The van der Waals surface area contributed by atoms with Crippen LogP contribution in [0.3, 0.4) is 0 Å². The first kappa shape index (κ1) is 19.4. The minimum absolute atomic E-state index is 0.0405. The Bertz CT molecular complexity index is 798. The average Bonchev–Trinajstić information content (AvgIpc) is 3.32. The molecule has 1 N–H and O–H groups in total. The average molecular weight is 405 g/mol. The van der Waals surface area contributed by atoms with Crippen molar-refractivity contribution in [1.82, 2.24) is 10.2 Å².